The molecule has 2 aromatic carbocycles. The van der Waals surface area contributed by atoms with E-state index in [2.05, 4.69) is 21.1 Å². The molecule has 0 radical (unpaired) electrons. The molecule has 2 N–H and O–H groups in total. The Balaban J connectivity index is 1.70. The molecular formula is C24H30N4O2. The average molecular weight is 407 g/mol. The Hall–Kier alpha value is -3.28. The summed E-state index contributed by atoms with van der Waals surface area (Å²) >= 11 is 0. The number of nitrogens with one attached hydrogen (secondary N) is 2. The Kier molecular flexibility index (Phi) is 10.00. The third-order valence-electron chi connectivity index (χ3n) is 4.57. The lowest BCUT2D eigenvalue weighted by Gasteiger charge is -2.06. The van der Waals surface area contributed by atoms with Gasteiger partial charge in [-0.15, -0.1) is 0 Å². The largest absolute Gasteiger partial charge is 0.273 e. The lowest BCUT2D eigenvalue weighted by molar-refractivity contribution is -0.123. The monoisotopic (exact) mass is 406 g/mol. The molecule has 0 fully saturated rings. The van der Waals surface area contributed by atoms with Gasteiger partial charge in [-0.1, -0.05) is 74.5 Å². The zero-order chi connectivity index (χ0) is 21.6. The molecule has 2 amide bonds. The Labute approximate surface area is 178 Å². The van der Waals surface area contributed by atoms with E-state index in [9.17, 15) is 9.59 Å². The third kappa shape index (κ3) is 7.99. The molecule has 30 heavy (non-hydrogen) atoms. The van der Waals surface area contributed by atoms with E-state index in [1.807, 2.05) is 74.5 Å². The van der Waals surface area contributed by atoms with Crippen molar-refractivity contribution in [3.8, 4) is 0 Å². The number of carbonyl (C=O) groups is 2. The van der Waals surface area contributed by atoms with Gasteiger partial charge in [0.2, 0.25) is 11.8 Å². The highest BCUT2D eigenvalue weighted by Crippen LogP contribution is 2.06. The van der Waals surface area contributed by atoms with Gasteiger partial charge in [-0.3, -0.25) is 9.59 Å². The highest BCUT2D eigenvalue weighted by atomic mass is 16.2. The first-order valence-electron chi connectivity index (χ1n) is 10.5. The summed E-state index contributed by atoms with van der Waals surface area (Å²) in [5.41, 5.74) is 8.90. The van der Waals surface area contributed by atoms with Crippen LogP contribution in [-0.4, -0.2) is 23.2 Å². The van der Waals surface area contributed by atoms with Gasteiger partial charge in [-0.2, -0.15) is 10.2 Å². The molecule has 0 spiro atoms. The zero-order valence-corrected chi connectivity index (χ0v) is 17.7. The van der Waals surface area contributed by atoms with Gasteiger partial charge in [0.15, 0.2) is 0 Å². The third-order valence-corrected chi connectivity index (χ3v) is 4.57. The molecule has 158 valence electrons. The van der Waals surface area contributed by atoms with E-state index in [1.54, 1.807) is 0 Å². The van der Waals surface area contributed by atoms with Gasteiger partial charge in [-0.05, 0) is 36.8 Å². The minimum Gasteiger partial charge on any atom is -0.273 e. The molecule has 0 aliphatic carbocycles. The number of carbonyl (C=O) groups excluding carboxylic acids is 2. The van der Waals surface area contributed by atoms with Crippen molar-refractivity contribution in [2.24, 2.45) is 10.2 Å². The Morgan fingerprint density at radius 2 is 1.03 bits per heavy atom. The zero-order valence-electron chi connectivity index (χ0n) is 17.7. The van der Waals surface area contributed by atoms with E-state index in [1.165, 1.54) is 0 Å². The normalized spacial score (nSPS) is 11.8. The van der Waals surface area contributed by atoms with Gasteiger partial charge in [0.05, 0.1) is 11.4 Å². The first kappa shape index (κ1) is 23.0. The van der Waals surface area contributed by atoms with Crippen LogP contribution in [0.1, 0.15) is 63.5 Å². The summed E-state index contributed by atoms with van der Waals surface area (Å²) in [7, 11) is 0. The van der Waals surface area contributed by atoms with Crippen molar-refractivity contribution in [1.29, 1.82) is 0 Å². The molecule has 6 heteroatoms. The van der Waals surface area contributed by atoms with Gasteiger partial charge in [0.1, 0.15) is 0 Å². The van der Waals surface area contributed by atoms with E-state index in [0.29, 0.717) is 25.7 Å². The Morgan fingerprint density at radius 3 is 1.37 bits per heavy atom. The number of hydrogen-bond donors (Lipinski definition) is 2. The second-order valence-electron chi connectivity index (χ2n) is 6.83. The molecule has 0 heterocycles. The van der Waals surface area contributed by atoms with E-state index in [0.717, 1.165) is 35.4 Å². The Morgan fingerprint density at radius 1 is 0.667 bits per heavy atom. The van der Waals surface area contributed by atoms with E-state index < -0.39 is 0 Å². The predicted molar refractivity (Wildman–Crippen MR) is 121 cm³/mol. The standard InChI is InChI=1S/C24H30N4O2/c1-3-21(19-13-7-5-8-14-19)25-27-23(29)17-11-12-18-24(30)28-26-22(4-2)20-15-9-6-10-16-20/h5-10,13-16H,3-4,11-12,17-18H2,1-2H3,(H,27,29)(H,28,30)/b25-21-,26-22-. The van der Waals surface area contributed by atoms with Crippen molar-refractivity contribution < 1.29 is 9.59 Å². The van der Waals surface area contributed by atoms with Crippen LogP contribution in [0.25, 0.3) is 0 Å². The van der Waals surface area contributed by atoms with Gasteiger partial charge in [-0.25, -0.2) is 10.9 Å². The minimum atomic E-state index is -0.146. The lowest BCUT2D eigenvalue weighted by Crippen LogP contribution is -2.21. The first-order chi connectivity index (χ1) is 14.6. The quantitative estimate of drug-likeness (QED) is 0.329. The van der Waals surface area contributed by atoms with Crippen molar-refractivity contribution in [1.82, 2.24) is 10.9 Å². The maximum atomic E-state index is 12.0. The van der Waals surface area contributed by atoms with Crippen LogP contribution in [0.3, 0.4) is 0 Å². The number of benzene rings is 2. The number of hydrazone groups is 2. The second-order valence-corrected chi connectivity index (χ2v) is 6.83. The van der Waals surface area contributed by atoms with Gasteiger partial charge in [0, 0.05) is 12.8 Å². The molecular weight excluding hydrogens is 376 g/mol. The molecule has 2 rings (SSSR count). The Bertz CT molecular complexity index is 788. The summed E-state index contributed by atoms with van der Waals surface area (Å²) in [5.74, 6) is -0.291. The highest BCUT2D eigenvalue weighted by molar-refractivity contribution is 6.01. The number of unbranched alkanes of at least 4 members (excludes halogenated alkanes) is 1. The summed E-state index contributed by atoms with van der Waals surface area (Å²) in [6.45, 7) is 4.00. The van der Waals surface area contributed by atoms with Crippen LogP contribution in [-0.2, 0) is 9.59 Å². The molecule has 0 bridgehead atoms. The van der Waals surface area contributed by atoms with Crippen molar-refractivity contribution in [3.05, 3.63) is 71.8 Å². The number of amides is 2. The van der Waals surface area contributed by atoms with Gasteiger partial charge in [0.25, 0.3) is 0 Å². The number of nitrogens with zero attached hydrogens (tertiary/aromatic N) is 2. The van der Waals surface area contributed by atoms with Crippen LogP contribution < -0.4 is 10.9 Å². The van der Waals surface area contributed by atoms with Crippen LogP contribution in [0.4, 0.5) is 0 Å². The molecule has 0 saturated carbocycles. The topological polar surface area (TPSA) is 82.9 Å². The number of hydrogen-bond acceptors (Lipinski definition) is 4. The minimum absolute atomic E-state index is 0.146. The fourth-order valence-electron chi connectivity index (χ4n) is 2.90. The van der Waals surface area contributed by atoms with Gasteiger partial charge >= 0.3 is 0 Å². The summed E-state index contributed by atoms with van der Waals surface area (Å²) < 4.78 is 0. The molecule has 0 aromatic heterocycles. The SMILES string of the molecule is CC/C(=N/NC(=O)CCCCC(=O)N/N=C(/CC)c1ccccc1)c1ccccc1. The molecule has 0 atom stereocenters. The maximum absolute atomic E-state index is 12.0. The lowest BCUT2D eigenvalue weighted by atomic mass is 10.1. The van der Waals surface area contributed by atoms with Crippen LogP contribution >= 0.6 is 0 Å². The summed E-state index contributed by atoms with van der Waals surface area (Å²) in [4.78, 5) is 24.0. The van der Waals surface area contributed by atoms with Crippen LogP contribution in [0, 0.1) is 0 Å². The second kappa shape index (κ2) is 13.0. The van der Waals surface area contributed by atoms with E-state index in [-0.39, 0.29) is 11.8 Å². The van der Waals surface area contributed by atoms with Crippen LogP contribution in [0.2, 0.25) is 0 Å². The summed E-state index contributed by atoms with van der Waals surface area (Å²) in [6, 6.07) is 19.6. The van der Waals surface area contributed by atoms with E-state index in [4.69, 9.17) is 0 Å². The molecule has 6 nitrogen and oxygen atoms in total. The predicted octanol–water partition coefficient (Wildman–Crippen LogP) is 4.41. The number of rotatable bonds is 11. The van der Waals surface area contributed by atoms with Crippen molar-refractivity contribution >= 4 is 23.2 Å². The fourth-order valence-corrected chi connectivity index (χ4v) is 2.90. The molecule has 0 unspecified atom stereocenters. The fraction of sp³-hybridized carbons (Fsp3) is 0.333. The molecule has 0 saturated heterocycles. The van der Waals surface area contributed by atoms with Crippen molar-refractivity contribution in [3.63, 3.8) is 0 Å². The smallest absolute Gasteiger partial charge is 0.240 e. The highest BCUT2D eigenvalue weighted by Gasteiger charge is 2.06. The van der Waals surface area contributed by atoms with Crippen LogP contribution in [0.15, 0.2) is 70.9 Å². The van der Waals surface area contributed by atoms with Gasteiger partial charge < -0.3 is 0 Å². The maximum Gasteiger partial charge on any atom is 0.240 e. The average Bonchev–Trinajstić information content (AvgIpc) is 2.79. The first-order valence-corrected chi connectivity index (χ1v) is 10.5. The van der Waals surface area contributed by atoms with Crippen molar-refractivity contribution in [2.75, 3.05) is 0 Å². The summed E-state index contributed by atoms with van der Waals surface area (Å²) in [6.07, 6.45) is 3.35. The van der Waals surface area contributed by atoms with Crippen molar-refractivity contribution in [2.45, 2.75) is 52.4 Å². The molecule has 0 aliphatic heterocycles. The summed E-state index contributed by atoms with van der Waals surface area (Å²) in [5, 5.41) is 8.47. The molecule has 2 aromatic rings. The molecule has 0 aliphatic rings. The van der Waals surface area contributed by atoms with Crippen LogP contribution in [0.5, 0.6) is 0 Å². The van der Waals surface area contributed by atoms with E-state index >= 15 is 0 Å².